The highest BCUT2D eigenvalue weighted by atomic mass is 35.5. The predicted octanol–water partition coefficient (Wildman–Crippen LogP) is 3.00. The number of benzene rings is 2. The number of hydrogen-bond donors (Lipinski definition) is 6. The maximum absolute atomic E-state index is 15.1. The van der Waals surface area contributed by atoms with Gasteiger partial charge in [-0.1, -0.05) is 23.7 Å². The molecule has 224 valence electrons. The van der Waals surface area contributed by atoms with Crippen molar-refractivity contribution in [2.24, 2.45) is 33.1 Å². The molecule has 2 heterocycles. The number of halogens is 2. The summed E-state index contributed by atoms with van der Waals surface area (Å²) in [6, 6.07) is 13.9. The summed E-state index contributed by atoms with van der Waals surface area (Å²) in [4.78, 5) is 13.4. The number of aliphatic hydroxyl groups excluding tert-OH is 1. The Labute approximate surface area is 250 Å². The van der Waals surface area contributed by atoms with Crippen LogP contribution in [0, 0.1) is 11.7 Å². The summed E-state index contributed by atoms with van der Waals surface area (Å²) in [5.74, 6) is 0.234. The van der Waals surface area contributed by atoms with Crippen LogP contribution >= 0.6 is 11.6 Å². The topological polar surface area (TPSA) is 154 Å². The minimum atomic E-state index is -1.12. The first-order chi connectivity index (χ1) is 20.2. The molecule has 1 aliphatic heterocycles. The van der Waals surface area contributed by atoms with Crippen molar-refractivity contribution in [3.05, 3.63) is 75.1 Å². The number of anilines is 1. The molecule has 1 saturated carbocycles. The maximum Gasteiger partial charge on any atom is 0.231 e. The van der Waals surface area contributed by atoms with E-state index in [1.54, 1.807) is 11.0 Å². The molecule has 42 heavy (non-hydrogen) atoms. The van der Waals surface area contributed by atoms with Crippen LogP contribution in [0.4, 0.5) is 10.1 Å². The van der Waals surface area contributed by atoms with E-state index in [-0.39, 0.29) is 23.1 Å². The second-order valence-electron chi connectivity index (χ2n) is 11.3. The van der Waals surface area contributed by atoms with Crippen LogP contribution in [0.2, 0.25) is 5.02 Å². The molecule has 0 saturated heterocycles. The van der Waals surface area contributed by atoms with E-state index in [4.69, 9.17) is 28.8 Å². The van der Waals surface area contributed by atoms with Gasteiger partial charge >= 0.3 is 0 Å². The fourth-order valence-electron chi connectivity index (χ4n) is 5.41. The number of fused-ring (bicyclic) bond motifs is 1. The largest absolute Gasteiger partial charge is 0.370 e. The summed E-state index contributed by atoms with van der Waals surface area (Å²) in [7, 11) is 0. The zero-order valence-corrected chi connectivity index (χ0v) is 24.6. The van der Waals surface area contributed by atoms with Gasteiger partial charge in [-0.25, -0.2) is 9.38 Å². The number of aryl methyl sites for hydroxylation is 1. The normalized spacial score (nSPS) is 17.6. The number of aromatic nitrogens is 1. The fraction of sp³-hybridized carbons (Fsp3) is 0.419. The summed E-state index contributed by atoms with van der Waals surface area (Å²) in [5, 5.41) is 15.3. The molecule has 1 aliphatic carbocycles. The lowest BCUT2D eigenvalue weighted by Crippen LogP contribution is -2.41. The van der Waals surface area contributed by atoms with E-state index >= 15 is 4.39 Å². The number of guanidine groups is 1. The SMILES string of the molecule is C[C@H](N)CCCc1cc(Cl)c(F)c(-c2cc3c([nH]2)=NC(O)N(c2ccc([C@@H](NCCCN=C(N)N)C4CC4)cc2)C=3)c1. The number of aliphatic hydroxyl groups is 1. The molecule has 9 nitrogen and oxygen atoms in total. The van der Waals surface area contributed by atoms with E-state index in [0.29, 0.717) is 29.2 Å². The minimum Gasteiger partial charge on any atom is -0.370 e. The van der Waals surface area contributed by atoms with Gasteiger partial charge in [-0.05, 0) is 99.4 Å². The zero-order valence-electron chi connectivity index (χ0n) is 23.9. The Kier molecular flexibility index (Phi) is 9.47. The Morgan fingerprint density at radius 3 is 2.67 bits per heavy atom. The smallest absolute Gasteiger partial charge is 0.231 e. The van der Waals surface area contributed by atoms with Gasteiger partial charge in [-0.3, -0.25) is 4.99 Å². The molecule has 1 unspecified atom stereocenters. The molecule has 0 amide bonds. The highest BCUT2D eigenvalue weighted by Gasteiger charge is 2.32. The lowest BCUT2D eigenvalue weighted by atomic mass is 10.0. The molecular formula is C31H40ClFN8O. The Hall–Kier alpha value is -3.44. The first-order valence-corrected chi connectivity index (χ1v) is 14.9. The van der Waals surface area contributed by atoms with Crippen molar-refractivity contribution in [1.82, 2.24) is 10.3 Å². The van der Waals surface area contributed by atoms with E-state index in [2.05, 4.69) is 32.4 Å². The van der Waals surface area contributed by atoms with Crippen LogP contribution in [0.5, 0.6) is 0 Å². The first kappa shape index (κ1) is 30.0. The number of rotatable bonds is 13. The number of nitrogens with two attached hydrogens (primary N) is 3. The van der Waals surface area contributed by atoms with Crippen LogP contribution in [0.25, 0.3) is 17.5 Å². The van der Waals surface area contributed by atoms with E-state index in [1.165, 1.54) is 18.4 Å². The van der Waals surface area contributed by atoms with E-state index in [9.17, 15) is 5.11 Å². The summed E-state index contributed by atoms with van der Waals surface area (Å²) in [6.45, 7) is 3.39. The molecule has 5 rings (SSSR count). The molecule has 2 aliphatic rings. The second kappa shape index (κ2) is 13.2. The lowest BCUT2D eigenvalue weighted by molar-refractivity contribution is 0.186. The Bertz CT molecular complexity index is 1530. The van der Waals surface area contributed by atoms with Gasteiger partial charge < -0.3 is 37.5 Å². The third-order valence-electron chi connectivity index (χ3n) is 7.74. The fourth-order valence-corrected chi connectivity index (χ4v) is 5.65. The van der Waals surface area contributed by atoms with Crippen LogP contribution in [0.15, 0.2) is 52.4 Å². The van der Waals surface area contributed by atoms with E-state index in [0.717, 1.165) is 48.7 Å². The molecule has 1 fully saturated rings. The molecule has 9 N–H and O–H groups in total. The van der Waals surface area contributed by atoms with Crippen molar-refractivity contribution in [2.45, 2.75) is 63.9 Å². The van der Waals surface area contributed by atoms with Crippen LogP contribution < -0.4 is 38.1 Å². The predicted molar refractivity (Wildman–Crippen MR) is 167 cm³/mol. The number of nitrogens with one attached hydrogen (secondary N) is 2. The molecule has 3 aromatic rings. The number of H-pyrrole nitrogens is 1. The third kappa shape index (κ3) is 7.30. The van der Waals surface area contributed by atoms with E-state index < -0.39 is 12.2 Å². The molecule has 0 bridgehead atoms. The summed E-state index contributed by atoms with van der Waals surface area (Å²) in [6.07, 6.45) is 6.47. The Morgan fingerprint density at radius 2 is 1.98 bits per heavy atom. The second-order valence-corrected chi connectivity index (χ2v) is 11.7. The highest BCUT2D eigenvalue weighted by molar-refractivity contribution is 6.31. The maximum atomic E-state index is 15.1. The van der Waals surface area contributed by atoms with Gasteiger partial charge in [-0.2, -0.15) is 0 Å². The molecule has 1 aromatic heterocycles. The monoisotopic (exact) mass is 594 g/mol. The van der Waals surface area contributed by atoms with Crippen molar-refractivity contribution >= 4 is 29.4 Å². The molecular weight excluding hydrogens is 555 g/mol. The van der Waals surface area contributed by atoms with E-state index in [1.807, 2.05) is 37.4 Å². The molecule has 0 spiro atoms. The number of hydrogen-bond acceptors (Lipinski definition) is 6. The van der Waals surface area contributed by atoms with Gasteiger partial charge in [0, 0.05) is 41.3 Å². The van der Waals surface area contributed by atoms with Gasteiger partial charge in [0.2, 0.25) is 6.35 Å². The number of aliphatic imine (C=N–C) groups is 1. The Morgan fingerprint density at radius 1 is 1.21 bits per heavy atom. The average molecular weight is 595 g/mol. The van der Waals surface area contributed by atoms with Crippen LogP contribution in [-0.2, 0) is 6.42 Å². The zero-order chi connectivity index (χ0) is 29.8. The quantitative estimate of drug-likeness (QED) is 0.102. The molecule has 11 heteroatoms. The van der Waals surface area contributed by atoms with Gasteiger partial charge in [0.05, 0.1) is 10.7 Å². The van der Waals surface area contributed by atoms with Crippen molar-refractivity contribution in [3.63, 3.8) is 0 Å². The first-order valence-electron chi connectivity index (χ1n) is 14.6. The number of aromatic amines is 1. The third-order valence-corrected chi connectivity index (χ3v) is 8.01. The van der Waals surface area contributed by atoms with Crippen molar-refractivity contribution in [3.8, 4) is 11.3 Å². The lowest BCUT2D eigenvalue weighted by Gasteiger charge is -2.26. The molecule has 0 radical (unpaired) electrons. The summed E-state index contributed by atoms with van der Waals surface area (Å²) < 4.78 is 15.1. The minimum absolute atomic E-state index is 0.0753. The molecule has 2 aromatic carbocycles. The van der Waals surface area contributed by atoms with Crippen molar-refractivity contribution in [1.29, 1.82) is 0 Å². The Balaban J connectivity index is 1.33. The van der Waals surface area contributed by atoms with Gasteiger partial charge in [0.15, 0.2) is 11.8 Å². The van der Waals surface area contributed by atoms with Gasteiger partial charge in [-0.15, -0.1) is 0 Å². The van der Waals surface area contributed by atoms with Crippen LogP contribution in [-0.4, -0.2) is 41.5 Å². The summed E-state index contributed by atoms with van der Waals surface area (Å²) >= 11 is 6.26. The average Bonchev–Trinajstić information content (AvgIpc) is 3.71. The molecule has 3 atom stereocenters. The van der Waals surface area contributed by atoms with Crippen LogP contribution in [0.1, 0.15) is 56.2 Å². The summed E-state index contributed by atoms with van der Waals surface area (Å²) in [5.41, 5.74) is 21.1. The highest BCUT2D eigenvalue weighted by Crippen LogP contribution is 2.41. The van der Waals surface area contributed by atoms with Crippen molar-refractivity contribution in [2.75, 3.05) is 18.0 Å². The van der Waals surface area contributed by atoms with Crippen molar-refractivity contribution < 1.29 is 9.50 Å². The van der Waals surface area contributed by atoms with Gasteiger partial charge in [0.1, 0.15) is 5.49 Å². The van der Waals surface area contributed by atoms with Gasteiger partial charge in [0.25, 0.3) is 0 Å². The number of nitrogens with zero attached hydrogens (tertiary/aromatic N) is 3. The van der Waals surface area contributed by atoms with Crippen LogP contribution in [0.3, 0.4) is 0 Å². The standard InChI is InChI=1S/C31H40ClFN8O/c1-18(34)4-2-5-19-14-24(27(33)25(32)15-19)26-16-22-17-41(31(42)40-29(22)39-26)23-10-8-21(9-11-23)28(20-6-7-20)37-12-3-13-38-30(35)36/h8-11,14-18,20,28,31,37,42H,2-7,12-13,34H2,1H3,(H,39,40)(H4,35,36,38)/t18-,28-,31?/m0/s1.